The zero-order chi connectivity index (χ0) is 13.5. The molecule has 0 atom stereocenters. The van der Waals surface area contributed by atoms with Crippen molar-refractivity contribution in [3.05, 3.63) is 85.6 Å². The highest BCUT2D eigenvalue weighted by Gasteiger charge is 1.85. The molecule has 0 heterocycles. The van der Waals surface area contributed by atoms with Crippen LogP contribution in [0, 0.1) is 0 Å². The van der Waals surface area contributed by atoms with E-state index in [9.17, 15) is 4.79 Å². The van der Waals surface area contributed by atoms with E-state index >= 15 is 0 Å². The fraction of sp³-hybridized carbons (Fsp3) is 0.118. The summed E-state index contributed by atoms with van der Waals surface area (Å²) in [7, 11) is 0. The lowest BCUT2D eigenvalue weighted by Gasteiger charge is -1.80. The molecule has 0 saturated heterocycles. The lowest BCUT2D eigenvalue weighted by molar-refractivity contribution is -0.114. The minimum absolute atomic E-state index is 0.140. The van der Waals surface area contributed by atoms with Crippen molar-refractivity contribution in [3.8, 4) is 0 Å². The van der Waals surface area contributed by atoms with E-state index in [-0.39, 0.29) is 5.78 Å². The summed E-state index contributed by atoms with van der Waals surface area (Å²) >= 11 is 0. The predicted molar refractivity (Wildman–Crippen MR) is 80.3 cm³/mol. The van der Waals surface area contributed by atoms with Gasteiger partial charge in [-0.2, -0.15) is 0 Å². The summed E-state index contributed by atoms with van der Waals surface area (Å²) in [6.07, 6.45) is 24.7. The molecule has 0 aliphatic rings. The molecular weight excluding hydrogens is 220 g/mol. The van der Waals surface area contributed by atoms with Gasteiger partial charge < -0.3 is 0 Å². The Morgan fingerprint density at radius 2 is 1.17 bits per heavy atom. The second-order valence-corrected chi connectivity index (χ2v) is 3.34. The van der Waals surface area contributed by atoms with Gasteiger partial charge in [-0.25, -0.2) is 0 Å². The second-order valence-electron chi connectivity index (χ2n) is 3.34. The normalized spacial score (nSPS) is 13.2. The second kappa shape index (κ2) is 12.9. The van der Waals surface area contributed by atoms with Gasteiger partial charge in [0.1, 0.15) is 0 Å². The largest absolute Gasteiger partial charge is 0.295 e. The standard InChI is InChI=1S/C17H20O/c1-3-5-6-7-8-9-10-11-12-13-14-15-16-17(18)4-2/h3,5-16H,1,4H2,2H3/b6-5+,8-7+,10-9+,12-11+,14-13+,16-15+. The van der Waals surface area contributed by atoms with Crippen molar-refractivity contribution in [3.63, 3.8) is 0 Å². The maximum absolute atomic E-state index is 10.9. The fourth-order valence-electron chi connectivity index (χ4n) is 0.937. The van der Waals surface area contributed by atoms with Crippen molar-refractivity contribution in [2.24, 2.45) is 0 Å². The van der Waals surface area contributed by atoms with Crippen LogP contribution in [0.5, 0.6) is 0 Å². The number of rotatable bonds is 8. The van der Waals surface area contributed by atoms with E-state index in [2.05, 4.69) is 6.58 Å². The molecule has 0 bridgehead atoms. The quantitative estimate of drug-likeness (QED) is 0.451. The van der Waals surface area contributed by atoms with Crippen LogP contribution in [-0.4, -0.2) is 5.78 Å². The molecule has 0 fully saturated rings. The predicted octanol–water partition coefficient (Wildman–Crippen LogP) is 4.49. The molecule has 0 amide bonds. The zero-order valence-electron chi connectivity index (χ0n) is 10.8. The van der Waals surface area contributed by atoms with Crippen molar-refractivity contribution >= 4 is 5.78 Å². The van der Waals surface area contributed by atoms with Gasteiger partial charge in [0.25, 0.3) is 0 Å². The zero-order valence-corrected chi connectivity index (χ0v) is 10.8. The number of allylic oxidation sites excluding steroid dienone is 13. The van der Waals surface area contributed by atoms with Crippen LogP contribution in [0.2, 0.25) is 0 Å². The van der Waals surface area contributed by atoms with Crippen LogP contribution in [-0.2, 0) is 4.79 Å². The van der Waals surface area contributed by atoms with Crippen LogP contribution in [0.25, 0.3) is 0 Å². The highest BCUT2D eigenvalue weighted by molar-refractivity contribution is 5.89. The highest BCUT2D eigenvalue weighted by Crippen LogP contribution is 1.87. The van der Waals surface area contributed by atoms with E-state index in [1.165, 1.54) is 0 Å². The van der Waals surface area contributed by atoms with Crippen molar-refractivity contribution in [1.29, 1.82) is 0 Å². The van der Waals surface area contributed by atoms with Gasteiger partial charge in [-0.3, -0.25) is 4.79 Å². The Hall–Kier alpha value is -2.15. The third kappa shape index (κ3) is 11.9. The maximum Gasteiger partial charge on any atom is 0.155 e. The average molecular weight is 240 g/mol. The summed E-state index contributed by atoms with van der Waals surface area (Å²) in [6.45, 7) is 5.42. The first-order valence-electron chi connectivity index (χ1n) is 5.96. The van der Waals surface area contributed by atoms with Gasteiger partial charge in [0.05, 0.1) is 0 Å². The highest BCUT2D eigenvalue weighted by atomic mass is 16.1. The third-order valence-electron chi connectivity index (χ3n) is 1.88. The lowest BCUT2D eigenvalue weighted by atomic mass is 10.3. The number of carbonyl (C=O) groups is 1. The topological polar surface area (TPSA) is 17.1 Å². The maximum atomic E-state index is 10.9. The lowest BCUT2D eigenvalue weighted by Crippen LogP contribution is -1.85. The Labute approximate surface area is 110 Å². The molecule has 1 heteroatoms. The summed E-state index contributed by atoms with van der Waals surface area (Å²) in [5.74, 6) is 0.140. The monoisotopic (exact) mass is 240 g/mol. The molecule has 0 rings (SSSR count). The van der Waals surface area contributed by atoms with Crippen LogP contribution < -0.4 is 0 Å². The van der Waals surface area contributed by atoms with E-state index < -0.39 is 0 Å². The minimum Gasteiger partial charge on any atom is -0.295 e. The molecule has 18 heavy (non-hydrogen) atoms. The molecule has 0 aromatic heterocycles. The number of ketones is 1. The van der Waals surface area contributed by atoms with E-state index in [1.807, 2.05) is 67.7 Å². The molecule has 0 unspecified atom stereocenters. The molecule has 0 aromatic carbocycles. The molecule has 1 nitrogen and oxygen atoms in total. The Kier molecular flexibility index (Phi) is 11.4. The average Bonchev–Trinajstić information content (AvgIpc) is 2.39. The summed E-state index contributed by atoms with van der Waals surface area (Å²) in [5.41, 5.74) is 0. The van der Waals surface area contributed by atoms with Crippen molar-refractivity contribution < 1.29 is 4.79 Å². The Balaban J connectivity index is 3.86. The van der Waals surface area contributed by atoms with Crippen LogP contribution in [0.4, 0.5) is 0 Å². The molecule has 0 N–H and O–H groups in total. The van der Waals surface area contributed by atoms with Crippen molar-refractivity contribution in [2.45, 2.75) is 13.3 Å². The Morgan fingerprint density at radius 1 is 0.778 bits per heavy atom. The van der Waals surface area contributed by atoms with Gasteiger partial charge >= 0.3 is 0 Å². The fourth-order valence-corrected chi connectivity index (χ4v) is 0.937. The van der Waals surface area contributed by atoms with Gasteiger partial charge in [-0.05, 0) is 6.08 Å². The first-order valence-corrected chi connectivity index (χ1v) is 5.96. The van der Waals surface area contributed by atoms with Crippen LogP contribution in [0.1, 0.15) is 13.3 Å². The van der Waals surface area contributed by atoms with Gasteiger partial charge in [-0.1, -0.05) is 86.4 Å². The van der Waals surface area contributed by atoms with Gasteiger partial charge in [0.2, 0.25) is 0 Å². The minimum atomic E-state index is 0.140. The number of carbonyl (C=O) groups excluding carboxylic acids is 1. The third-order valence-corrected chi connectivity index (χ3v) is 1.88. The van der Waals surface area contributed by atoms with E-state index in [0.717, 1.165) is 0 Å². The van der Waals surface area contributed by atoms with Gasteiger partial charge in [0.15, 0.2) is 5.78 Å². The van der Waals surface area contributed by atoms with E-state index in [0.29, 0.717) is 6.42 Å². The Morgan fingerprint density at radius 3 is 1.56 bits per heavy atom. The molecular formula is C17H20O. The number of hydrogen-bond acceptors (Lipinski definition) is 1. The summed E-state index contributed by atoms with van der Waals surface area (Å²) in [6, 6.07) is 0. The first-order chi connectivity index (χ1) is 8.81. The van der Waals surface area contributed by atoms with Gasteiger partial charge in [0, 0.05) is 6.42 Å². The summed E-state index contributed by atoms with van der Waals surface area (Å²) in [4.78, 5) is 10.9. The molecule has 0 aliphatic carbocycles. The molecule has 0 radical (unpaired) electrons. The van der Waals surface area contributed by atoms with Crippen molar-refractivity contribution in [1.82, 2.24) is 0 Å². The molecule has 0 saturated carbocycles. The van der Waals surface area contributed by atoms with Crippen molar-refractivity contribution in [2.75, 3.05) is 0 Å². The molecule has 0 spiro atoms. The smallest absolute Gasteiger partial charge is 0.155 e. The summed E-state index contributed by atoms with van der Waals surface area (Å²) in [5, 5.41) is 0. The van der Waals surface area contributed by atoms with E-state index in [4.69, 9.17) is 0 Å². The van der Waals surface area contributed by atoms with Crippen LogP contribution in [0.3, 0.4) is 0 Å². The van der Waals surface area contributed by atoms with Gasteiger partial charge in [-0.15, -0.1) is 0 Å². The summed E-state index contributed by atoms with van der Waals surface area (Å²) < 4.78 is 0. The molecule has 94 valence electrons. The van der Waals surface area contributed by atoms with E-state index in [1.54, 1.807) is 18.2 Å². The van der Waals surface area contributed by atoms with Crippen LogP contribution in [0.15, 0.2) is 85.6 Å². The first kappa shape index (κ1) is 15.9. The molecule has 0 aliphatic heterocycles. The Bertz CT molecular complexity index is 401. The SMILES string of the molecule is C=C/C=C/C=C/C=C/C=C/C=C/C=C/C(=O)CC. The molecule has 0 aromatic rings. The van der Waals surface area contributed by atoms with Crippen LogP contribution >= 0.6 is 0 Å². The number of hydrogen-bond donors (Lipinski definition) is 0.